The number of fused-ring (bicyclic) bond motifs is 1. The number of nitrogens with zero attached hydrogens (tertiary/aromatic N) is 1. The number of amides is 1. The van der Waals surface area contributed by atoms with Gasteiger partial charge < -0.3 is 19.5 Å². The van der Waals surface area contributed by atoms with E-state index < -0.39 is 5.91 Å². The maximum absolute atomic E-state index is 12.3. The molecule has 1 heterocycles. The molecule has 0 spiro atoms. The Labute approximate surface area is 145 Å². The van der Waals surface area contributed by atoms with Crippen LogP contribution in [0.25, 0.3) is 6.08 Å². The second-order valence-electron chi connectivity index (χ2n) is 5.26. The van der Waals surface area contributed by atoms with Crippen molar-refractivity contribution in [2.24, 2.45) is 0 Å². The summed E-state index contributed by atoms with van der Waals surface area (Å²) >= 11 is 0. The first kappa shape index (κ1) is 16.4. The van der Waals surface area contributed by atoms with E-state index in [1.807, 2.05) is 6.07 Å². The molecule has 3 rings (SSSR count). The first-order valence-corrected chi connectivity index (χ1v) is 7.66. The van der Waals surface area contributed by atoms with Gasteiger partial charge >= 0.3 is 0 Å². The lowest BCUT2D eigenvalue weighted by Gasteiger charge is -2.18. The Hall–Kier alpha value is -3.46. The average Bonchev–Trinajstić information content (AvgIpc) is 2.66. The van der Waals surface area contributed by atoms with Gasteiger partial charge in [-0.1, -0.05) is 6.07 Å². The molecule has 6 nitrogen and oxygen atoms in total. The summed E-state index contributed by atoms with van der Waals surface area (Å²) in [6.45, 7) is 0.985. The van der Waals surface area contributed by atoms with E-state index in [0.29, 0.717) is 41.7 Å². The number of carbonyl (C=O) groups is 1. The largest absolute Gasteiger partial charge is 0.497 e. The minimum atomic E-state index is -0.484. The fourth-order valence-electron chi connectivity index (χ4n) is 2.34. The van der Waals surface area contributed by atoms with Gasteiger partial charge in [-0.05, 0) is 48.0 Å². The van der Waals surface area contributed by atoms with E-state index in [9.17, 15) is 10.1 Å². The monoisotopic (exact) mass is 336 g/mol. The fraction of sp³-hybridized carbons (Fsp3) is 0.158. The third-order valence-electron chi connectivity index (χ3n) is 3.59. The third-order valence-corrected chi connectivity index (χ3v) is 3.59. The highest BCUT2D eigenvalue weighted by Gasteiger charge is 2.13. The molecule has 0 unspecified atom stereocenters. The Morgan fingerprint density at radius 1 is 1.16 bits per heavy atom. The number of anilines is 1. The van der Waals surface area contributed by atoms with Gasteiger partial charge in [0.15, 0.2) is 11.5 Å². The van der Waals surface area contributed by atoms with Crippen molar-refractivity contribution in [1.29, 1.82) is 5.26 Å². The van der Waals surface area contributed by atoms with Crippen LogP contribution in [0.15, 0.2) is 48.0 Å². The van der Waals surface area contributed by atoms with E-state index in [-0.39, 0.29) is 5.57 Å². The number of rotatable bonds is 4. The van der Waals surface area contributed by atoms with E-state index in [1.54, 1.807) is 49.6 Å². The second-order valence-corrected chi connectivity index (χ2v) is 5.26. The summed E-state index contributed by atoms with van der Waals surface area (Å²) in [6.07, 6.45) is 1.51. The van der Waals surface area contributed by atoms with Crippen LogP contribution in [0.5, 0.6) is 17.2 Å². The van der Waals surface area contributed by atoms with E-state index in [1.165, 1.54) is 6.08 Å². The summed E-state index contributed by atoms with van der Waals surface area (Å²) in [4.78, 5) is 12.3. The maximum Gasteiger partial charge on any atom is 0.266 e. The lowest BCUT2D eigenvalue weighted by atomic mass is 10.1. The molecule has 1 aliphatic heterocycles. The molecule has 0 aliphatic carbocycles. The quantitative estimate of drug-likeness (QED) is 0.686. The molecule has 1 amide bonds. The number of methoxy groups -OCH3 is 1. The zero-order valence-corrected chi connectivity index (χ0v) is 13.6. The van der Waals surface area contributed by atoms with Crippen LogP contribution in [0.4, 0.5) is 5.69 Å². The molecule has 6 heteroatoms. The summed E-state index contributed by atoms with van der Waals surface area (Å²) in [6, 6.07) is 14.1. The van der Waals surface area contributed by atoms with Crippen molar-refractivity contribution in [2.75, 3.05) is 25.6 Å². The Morgan fingerprint density at radius 2 is 1.88 bits per heavy atom. The summed E-state index contributed by atoms with van der Waals surface area (Å²) in [7, 11) is 1.57. The Bertz CT molecular complexity index is 851. The van der Waals surface area contributed by atoms with Crippen molar-refractivity contribution in [2.45, 2.75) is 0 Å². The molecular formula is C19H16N2O4. The molecule has 2 aromatic rings. The molecule has 0 fully saturated rings. The lowest BCUT2D eigenvalue weighted by molar-refractivity contribution is -0.112. The smallest absolute Gasteiger partial charge is 0.266 e. The molecule has 2 aromatic carbocycles. The molecule has 0 radical (unpaired) electrons. The Kier molecular flexibility index (Phi) is 4.86. The minimum absolute atomic E-state index is 0.00695. The Balaban J connectivity index is 1.77. The molecule has 0 aromatic heterocycles. The molecule has 0 saturated carbocycles. The first-order chi connectivity index (χ1) is 12.2. The van der Waals surface area contributed by atoms with Gasteiger partial charge in [-0.3, -0.25) is 4.79 Å². The summed E-state index contributed by atoms with van der Waals surface area (Å²) in [5.74, 6) is 1.46. The van der Waals surface area contributed by atoms with E-state index in [2.05, 4.69) is 5.32 Å². The Morgan fingerprint density at radius 3 is 2.56 bits per heavy atom. The van der Waals surface area contributed by atoms with Crippen molar-refractivity contribution in [3.05, 3.63) is 53.6 Å². The highest BCUT2D eigenvalue weighted by atomic mass is 16.6. The van der Waals surface area contributed by atoms with Gasteiger partial charge in [0.2, 0.25) is 0 Å². The van der Waals surface area contributed by atoms with Crippen molar-refractivity contribution < 1.29 is 19.0 Å². The lowest BCUT2D eigenvalue weighted by Crippen LogP contribution is -2.15. The average molecular weight is 336 g/mol. The van der Waals surface area contributed by atoms with E-state index in [0.717, 1.165) is 0 Å². The van der Waals surface area contributed by atoms with Crippen LogP contribution in [0.2, 0.25) is 0 Å². The van der Waals surface area contributed by atoms with Crippen molar-refractivity contribution in [1.82, 2.24) is 0 Å². The number of nitriles is 1. The van der Waals surface area contributed by atoms with Gasteiger partial charge in [-0.25, -0.2) is 0 Å². The molecular weight excluding hydrogens is 320 g/mol. The number of nitrogens with one attached hydrogen (secondary N) is 1. The predicted molar refractivity (Wildman–Crippen MR) is 92.6 cm³/mol. The summed E-state index contributed by atoms with van der Waals surface area (Å²) < 4.78 is 16.0. The van der Waals surface area contributed by atoms with Crippen LogP contribution in [-0.2, 0) is 4.79 Å². The van der Waals surface area contributed by atoms with Gasteiger partial charge in [-0.15, -0.1) is 0 Å². The first-order valence-electron chi connectivity index (χ1n) is 7.66. The molecule has 25 heavy (non-hydrogen) atoms. The van der Waals surface area contributed by atoms with Gasteiger partial charge in [-0.2, -0.15) is 5.26 Å². The van der Waals surface area contributed by atoms with Crippen LogP contribution in [-0.4, -0.2) is 26.2 Å². The molecule has 126 valence electrons. The normalized spacial score (nSPS) is 12.9. The zero-order valence-electron chi connectivity index (χ0n) is 13.6. The van der Waals surface area contributed by atoms with Crippen molar-refractivity contribution >= 4 is 17.7 Å². The number of hydrogen-bond acceptors (Lipinski definition) is 5. The second kappa shape index (κ2) is 7.41. The van der Waals surface area contributed by atoms with Crippen LogP contribution in [0.3, 0.4) is 0 Å². The van der Waals surface area contributed by atoms with E-state index >= 15 is 0 Å². The summed E-state index contributed by atoms with van der Waals surface area (Å²) in [5, 5.41) is 12.0. The van der Waals surface area contributed by atoms with Crippen LogP contribution >= 0.6 is 0 Å². The van der Waals surface area contributed by atoms with Crippen molar-refractivity contribution in [3.8, 4) is 23.3 Å². The molecule has 1 N–H and O–H groups in total. The fourth-order valence-corrected chi connectivity index (χ4v) is 2.34. The highest BCUT2D eigenvalue weighted by Crippen LogP contribution is 2.31. The standard InChI is InChI=1S/C19H16N2O4/c1-23-16-5-3-15(4-6-16)21-19(22)14(12-20)10-13-2-7-17-18(11-13)25-9-8-24-17/h2-7,10-11H,8-9H2,1H3,(H,21,22). The number of ether oxygens (including phenoxy) is 3. The molecule has 0 bridgehead atoms. The molecule has 1 aliphatic rings. The topological polar surface area (TPSA) is 80.6 Å². The number of benzene rings is 2. The molecule has 0 saturated heterocycles. The number of hydrogen-bond donors (Lipinski definition) is 1. The van der Waals surface area contributed by atoms with Gasteiger partial charge in [0.1, 0.15) is 30.6 Å². The van der Waals surface area contributed by atoms with Crippen LogP contribution in [0, 0.1) is 11.3 Å². The maximum atomic E-state index is 12.3. The van der Waals surface area contributed by atoms with Crippen molar-refractivity contribution in [3.63, 3.8) is 0 Å². The van der Waals surface area contributed by atoms with Crippen LogP contribution < -0.4 is 19.5 Å². The van der Waals surface area contributed by atoms with Gasteiger partial charge in [0, 0.05) is 5.69 Å². The summed E-state index contributed by atoms with van der Waals surface area (Å²) in [5.41, 5.74) is 1.26. The minimum Gasteiger partial charge on any atom is -0.497 e. The van der Waals surface area contributed by atoms with Gasteiger partial charge in [0.25, 0.3) is 5.91 Å². The number of carbonyl (C=O) groups excluding carboxylic acids is 1. The van der Waals surface area contributed by atoms with Crippen LogP contribution in [0.1, 0.15) is 5.56 Å². The highest BCUT2D eigenvalue weighted by molar-refractivity contribution is 6.09. The van der Waals surface area contributed by atoms with Gasteiger partial charge in [0.05, 0.1) is 7.11 Å². The van der Waals surface area contributed by atoms with E-state index in [4.69, 9.17) is 14.2 Å². The zero-order chi connectivity index (χ0) is 17.6. The third kappa shape index (κ3) is 3.90. The molecule has 0 atom stereocenters. The predicted octanol–water partition coefficient (Wildman–Crippen LogP) is 3.01. The SMILES string of the molecule is COc1ccc(NC(=O)C(C#N)=Cc2ccc3c(c2)OCCO3)cc1.